The molecule has 0 spiro atoms. The molecule has 0 saturated heterocycles. The molecule has 0 bridgehead atoms. The van der Waals surface area contributed by atoms with Gasteiger partial charge in [-0.25, -0.2) is 0 Å². The van der Waals surface area contributed by atoms with Crippen LogP contribution in [0, 0.1) is 20.8 Å². The van der Waals surface area contributed by atoms with Crippen molar-refractivity contribution in [1.82, 2.24) is 0 Å². The van der Waals surface area contributed by atoms with Gasteiger partial charge in [-0.3, -0.25) is 13.7 Å². The van der Waals surface area contributed by atoms with Crippen molar-refractivity contribution in [2.24, 2.45) is 0 Å². The standard InChI is InChI=1S/C115H211O12P3/c1-19-25-31-37-43-49-55-61-67-73-79-85-122-128(119,123-86-80-74-68-62-56-50-44-38-32-26-20-2)97-102(101-94-105(112(10,11)12)108(116)91-98(101)7)111(129(120,124-87-81-75-69-63-57-51-45-39-33-27-21-3)125-88-82-76-70-64-58-52-46-40-34-28-22-4)115(103-95-106(113(13,14)15)109(117)92-99(103)8,104-96-107(114(16,17)18)110(118)93-100(104)9)130(121,126-89-83-77-71-65-59-53-47-41-35-29-23-5)127-90-84-78-72-66-60-54-48-42-36-30-24-6/h91-96,102,111,116-118H,19-90,97H2,1-18H3. The Morgan fingerprint density at radius 3 is 0.662 bits per heavy atom. The maximum absolute atomic E-state index is 19.9. The predicted molar refractivity (Wildman–Crippen MR) is 564 cm³/mol. The smallest absolute Gasteiger partial charge is 0.346 e. The van der Waals surface area contributed by atoms with Crippen molar-refractivity contribution in [3.8, 4) is 17.2 Å². The lowest BCUT2D eigenvalue weighted by Gasteiger charge is -2.51. The van der Waals surface area contributed by atoms with Crippen molar-refractivity contribution in [2.45, 2.75) is 581 Å². The van der Waals surface area contributed by atoms with E-state index in [4.69, 9.17) is 27.1 Å². The molecule has 0 aromatic heterocycles. The summed E-state index contributed by atoms with van der Waals surface area (Å²) >= 11 is 0. The first-order valence-corrected chi connectivity index (χ1v) is 60.5. The fourth-order valence-electron chi connectivity index (χ4n) is 19.7. The summed E-state index contributed by atoms with van der Waals surface area (Å²) in [5.41, 5.74) is 1.09. The Bertz CT molecular complexity index is 3270. The fourth-order valence-corrected chi connectivity index (χ4v) is 28.1. The molecule has 0 saturated carbocycles. The van der Waals surface area contributed by atoms with E-state index in [2.05, 4.69) is 104 Å². The van der Waals surface area contributed by atoms with Crippen LogP contribution in [0.3, 0.4) is 0 Å². The second-order valence-corrected chi connectivity index (χ2v) is 49.7. The minimum absolute atomic E-state index is 0.0245. The summed E-state index contributed by atoms with van der Waals surface area (Å²) in [6.45, 7) is 38.7. The summed E-state index contributed by atoms with van der Waals surface area (Å²) in [6.07, 6.45) is 72.5. The Hall–Kier alpha value is -2.49. The van der Waals surface area contributed by atoms with E-state index < -0.39 is 55.8 Å². The van der Waals surface area contributed by atoms with Crippen LogP contribution in [-0.2, 0) is 62.2 Å². The summed E-state index contributed by atoms with van der Waals surface area (Å²) < 4.78 is 103. The van der Waals surface area contributed by atoms with Crippen LogP contribution in [0.15, 0.2) is 36.4 Å². The molecular weight excluding hydrogens is 1670 g/mol. The van der Waals surface area contributed by atoms with Gasteiger partial charge in [0.25, 0.3) is 0 Å². The molecule has 0 aliphatic heterocycles. The van der Waals surface area contributed by atoms with Crippen LogP contribution in [0.4, 0.5) is 0 Å². The van der Waals surface area contributed by atoms with Crippen LogP contribution in [-0.4, -0.2) is 66.8 Å². The molecule has 130 heavy (non-hydrogen) atoms. The fraction of sp³-hybridized carbons (Fsp3) is 0.843. The second-order valence-electron chi connectivity index (χ2n) is 43.2. The minimum atomic E-state index is -5.21. The molecule has 12 nitrogen and oxygen atoms in total. The lowest BCUT2D eigenvalue weighted by molar-refractivity contribution is 0.158. The number of phenols is 3. The molecule has 0 amide bonds. The van der Waals surface area contributed by atoms with Crippen LogP contribution in [0.25, 0.3) is 0 Å². The van der Waals surface area contributed by atoms with Gasteiger partial charge in [-0.2, -0.15) is 0 Å². The molecule has 758 valence electrons. The minimum Gasteiger partial charge on any atom is -0.508 e. The lowest BCUT2D eigenvalue weighted by Crippen LogP contribution is -2.48. The molecule has 0 radical (unpaired) electrons. The second kappa shape index (κ2) is 71.9. The summed E-state index contributed by atoms with van der Waals surface area (Å²) in [7, 11) is -14.8. The van der Waals surface area contributed by atoms with Crippen molar-refractivity contribution in [3.63, 3.8) is 0 Å². The molecule has 0 aliphatic rings. The van der Waals surface area contributed by atoms with E-state index in [0.29, 0.717) is 88.6 Å². The molecular formula is C115H211O12P3. The van der Waals surface area contributed by atoms with Crippen LogP contribution < -0.4 is 0 Å². The third-order valence-corrected chi connectivity index (χ3v) is 35.2. The summed E-state index contributed by atoms with van der Waals surface area (Å²) in [4.78, 5) is 0. The number of aryl methyl sites for hydroxylation is 3. The normalized spacial score (nSPS) is 13.2. The zero-order chi connectivity index (χ0) is 95.7. The first-order chi connectivity index (χ1) is 62.4. The first-order valence-electron chi connectivity index (χ1n) is 55.6. The van der Waals surface area contributed by atoms with Crippen LogP contribution in [0.2, 0.25) is 0 Å². The largest absolute Gasteiger partial charge is 0.508 e. The Kier molecular flexibility index (Phi) is 67.3. The van der Waals surface area contributed by atoms with Gasteiger partial charge in [0, 0.05) is 5.92 Å². The molecule has 3 N–H and O–H groups in total. The highest BCUT2D eigenvalue weighted by Crippen LogP contribution is 2.80. The number of hydrogen-bond acceptors (Lipinski definition) is 12. The van der Waals surface area contributed by atoms with Gasteiger partial charge in [0.2, 0.25) is 0 Å². The molecule has 3 aromatic carbocycles. The lowest BCUT2D eigenvalue weighted by atomic mass is 9.72. The SMILES string of the molecule is CCCCCCCCCCCCCOP(=O)(CC(c1cc(C(C)(C)C)c(O)cc1C)C(C(c1cc(C(C)(C)C)c(O)cc1C)(c1cc(C(C)(C)C)c(O)cc1C)P(=O)(OCCCCCCCCCCCCC)OCCCCCCCCCCCCC)P(=O)(OCCCCCCCCCCCCC)OCCCCCCCCCCCCC)OCCCCCCCCCCCCC. The topological polar surface area (TPSA) is 167 Å². The molecule has 15 heteroatoms. The van der Waals surface area contributed by atoms with Crippen LogP contribution in [0.1, 0.15) is 584 Å². The monoisotopic (exact) mass is 1880 g/mol. The van der Waals surface area contributed by atoms with Gasteiger partial charge < -0.3 is 42.5 Å². The Morgan fingerprint density at radius 1 is 0.246 bits per heavy atom. The van der Waals surface area contributed by atoms with E-state index in [0.717, 1.165) is 141 Å². The van der Waals surface area contributed by atoms with Gasteiger partial charge in [0.05, 0.1) is 51.5 Å². The van der Waals surface area contributed by atoms with Crippen molar-refractivity contribution in [1.29, 1.82) is 0 Å². The number of phenolic OH excluding ortho intramolecular Hbond substituents is 3. The third kappa shape index (κ3) is 48.9. The molecule has 0 fully saturated rings. The Balaban J connectivity index is 2.92. The van der Waals surface area contributed by atoms with E-state index in [9.17, 15) is 15.3 Å². The quantitative estimate of drug-likeness (QED) is 0.0362. The first kappa shape index (κ1) is 122. The predicted octanol–water partition coefficient (Wildman–Crippen LogP) is 39.6. The highest BCUT2D eigenvalue weighted by Gasteiger charge is 2.69. The molecule has 0 heterocycles. The van der Waals surface area contributed by atoms with Crippen molar-refractivity contribution >= 4 is 22.8 Å². The molecule has 0 aliphatic carbocycles. The van der Waals surface area contributed by atoms with E-state index in [1.54, 1.807) is 12.1 Å². The van der Waals surface area contributed by atoms with Crippen LogP contribution >= 0.6 is 22.8 Å². The average Bonchev–Trinajstić information content (AvgIpc) is 0.682. The molecule has 3 rings (SSSR count). The van der Waals surface area contributed by atoms with Gasteiger partial charge in [-0.1, -0.05) is 495 Å². The number of hydrogen-bond donors (Lipinski definition) is 3. The van der Waals surface area contributed by atoms with Crippen molar-refractivity contribution < 1.29 is 56.2 Å². The molecule has 3 aromatic rings. The van der Waals surface area contributed by atoms with E-state index in [-0.39, 0.29) is 63.1 Å². The maximum atomic E-state index is 19.9. The van der Waals surface area contributed by atoms with Gasteiger partial charge in [0.1, 0.15) is 22.4 Å². The summed E-state index contributed by atoms with van der Waals surface area (Å²) in [5.74, 6) is -1.09. The van der Waals surface area contributed by atoms with Gasteiger partial charge in [0.15, 0.2) is 0 Å². The van der Waals surface area contributed by atoms with E-state index in [1.165, 1.54) is 244 Å². The zero-order valence-corrected chi connectivity index (χ0v) is 91.3. The summed E-state index contributed by atoms with van der Waals surface area (Å²) in [5, 5.41) is 36.2. The summed E-state index contributed by atoms with van der Waals surface area (Å²) in [6, 6.07) is 11.5. The number of unbranched alkanes of at least 4 members (excludes halogenated alkanes) is 60. The maximum Gasteiger partial charge on any atom is 0.346 e. The van der Waals surface area contributed by atoms with Gasteiger partial charge >= 0.3 is 22.8 Å². The number of aromatic hydroxyl groups is 3. The molecule has 2 unspecified atom stereocenters. The average molecular weight is 1880 g/mol. The van der Waals surface area contributed by atoms with Gasteiger partial charge in [-0.05, 0) is 156 Å². The van der Waals surface area contributed by atoms with Crippen molar-refractivity contribution in [2.75, 3.05) is 45.8 Å². The highest BCUT2D eigenvalue weighted by atomic mass is 31.2. The third-order valence-electron chi connectivity index (χ3n) is 27.8. The Morgan fingerprint density at radius 2 is 0.438 bits per heavy atom. The number of rotatable bonds is 87. The van der Waals surface area contributed by atoms with E-state index >= 15 is 13.7 Å². The highest BCUT2D eigenvalue weighted by molar-refractivity contribution is 7.60. The van der Waals surface area contributed by atoms with Gasteiger partial charge in [-0.15, -0.1) is 0 Å². The Labute approximate surface area is 804 Å². The van der Waals surface area contributed by atoms with E-state index in [1.807, 2.05) is 45.0 Å². The molecule has 2 atom stereocenters. The van der Waals surface area contributed by atoms with Crippen molar-refractivity contribution in [3.05, 3.63) is 86.5 Å². The number of benzene rings is 3. The zero-order valence-electron chi connectivity index (χ0n) is 88.6. The van der Waals surface area contributed by atoms with Crippen LogP contribution in [0.5, 0.6) is 17.2 Å².